The van der Waals surface area contributed by atoms with Crippen LogP contribution < -0.4 is 10.2 Å². The summed E-state index contributed by atoms with van der Waals surface area (Å²) >= 11 is 0. The van der Waals surface area contributed by atoms with Crippen molar-refractivity contribution in [3.8, 4) is 0 Å². The van der Waals surface area contributed by atoms with E-state index in [0.29, 0.717) is 6.04 Å². The maximum absolute atomic E-state index is 4.59. The molecule has 0 spiro atoms. The van der Waals surface area contributed by atoms with Crippen molar-refractivity contribution in [1.29, 1.82) is 0 Å². The molecule has 1 unspecified atom stereocenters. The summed E-state index contributed by atoms with van der Waals surface area (Å²) in [5, 5.41) is 7.99. The van der Waals surface area contributed by atoms with E-state index in [1.54, 1.807) is 0 Å². The minimum Gasteiger partial charge on any atom is -0.379 e. The van der Waals surface area contributed by atoms with Crippen molar-refractivity contribution >= 4 is 11.4 Å². The van der Waals surface area contributed by atoms with E-state index in [0.717, 1.165) is 24.3 Å². The van der Waals surface area contributed by atoms with Gasteiger partial charge in [0.25, 0.3) is 0 Å². The molecule has 1 aromatic carbocycles. The molecule has 0 aliphatic heterocycles. The molecule has 1 aromatic heterocycles. The molecule has 0 aliphatic carbocycles. The van der Waals surface area contributed by atoms with Crippen LogP contribution in [0.1, 0.15) is 32.0 Å². The fraction of sp³-hybridized carbons (Fsp3) is 0.438. The lowest BCUT2D eigenvalue weighted by atomic mass is 10.2. The summed E-state index contributed by atoms with van der Waals surface area (Å²) in [6.45, 7) is 5.12. The maximum atomic E-state index is 4.59. The van der Waals surface area contributed by atoms with Crippen molar-refractivity contribution in [2.24, 2.45) is 0 Å². The molecule has 4 heteroatoms. The van der Waals surface area contributed by atoms with Gasteiger partial charge in [-0.05, 0) is 43.7 Å². The summed E-state index contributed by atoms with van der Waals surface area (Å²) < 4.78 is 2.03. The molecule has 2 aromatic rings. The number of aromatic nitrogens is 2. The van der Waals surface area contributed by atoms with Crippen molar-refractivity contribution in [2.45, 2.75) is 32.9 Å². The molecule has 0 aliphatic rings. The minimum absolute atomic E-state index is 0.461. The lowest BCUT2D eigenvalue weighted by molar-refractivity contribution is 0.474. The van der Waals surface area contributed by atoms with Gasteiger partial charge in [0, 0.05) is 37.7 Å². The Hall–Kier alpha value is -1.97. The highest BCUT2D eigenvalue weighted by molar-refractivity contribution is 5.54. The quantitative estimate of drug-likeness (QED) is 0.873. The molecule has 0 saturated heterocycles. The van der Waals surface area contributed by atoms with E-state index in [1.165, 1.54) is 5.69 Å². The average Bonchev–Trinajstić information content (AvgIpc) is 2.93. The van der Waals surface area contributed by atoms with Crippen LogP contribution in [0, 0.1) is 0 Å². The van der Waals surface area contributed by atoms with Gasteiger partial charge in [0.1, 0.15) is 0 Å². The van der Waals surface area contributed by atoms with Crippen molar-refractivity contribution in [2.75, 3.05) is 24.3 Å². The maximum Gasteiger partial charge on any atom is 0.0815 e. The Morgan fingerprint density at radius 2 is 1.90 bits per heavy atom. The van der Waals surface area contributed by atoms with Gasteiger partial charge < -0.3 is 10.2 Å². The Morgan fingerprint density at radius 1 is 1.20 bits per heavy atom. The predicted octanol–water partition coefficient (Wildman–Crippen LogP) is 3.53. The zero-order chi connectivity index (χ0) is 14.5. The molecule has 0 radical (unpaired) electrons. The molecule has 4 nitrogen and oxygen atoms in total. The fourth-order valence-electron chi connectivity index (χ4n) is 1.97. The Bertz CT molecular complexity index is 528. The molecular weight excluding hydrogens is 248 g/mol. The topological polar surface area (TPSA) is 33.1 Å². The number of benzene rings is 1. The molecule has 1 N–H and O–H groups in total. The first-order valence-electron chi connectivity index (χ1n) is 7.15. The van der Waals surface area contributed by atoms with E-state index in [-0.39, 0.29) is 0 Å². The highest BCUT2D eigenvalue weighted by Crippen LogP contribution is 2.16. The van der Waals surface area contributed by atoms with Crippen LogP contribution in [-0.2, 0) is 6.54 Å². The van der Waals surface area contributed by atoms with Crippen LogP contribution in [0.25, 0.3) is 0 Å². The summed E-state index contributed by atoms with van der Waals surface area (Å²) in [5.41, 5.74) is 3.40. The fourth-order valence-corrected chi connectivity index (χ4v) is 1.97. The summed E-state index contributed by atoms with van der Waals surface area (Å²) in [6.07, 6.45) is 3.15. The molecule has 0 bridgehead atoms. The van der Waals surface area contributed by atoms with E-state index < -0.39 is 0 Å². The highest BCUT2D eigenvalue weighted by atomic mass is 15.3. The van der Waals surface area contributed by atoms with Crippen LogP contribution in [0.3, 0.4) is 0 Å². The third-order valence-corrected chi connectivity index (χ3v) is 3.56. The smallest absolute Gasteiger partial charge is 0.0815 e. The standard InChI is InChI=1S/C16H24N4/c1-5-13(2)20-11-10-15(18-20)12-17-14-6-8-16(9-7-14)19(3)4/h6-11,13,17H,5,12H2,1-4H3. The van der Waals surface area contributed by atoms with Crippen LogP contribution in [0.5, 0.6) is 0 Å². The molecule has 0 fully saturated rings. The van der Waals surface area contributed by atoms with Gasteiger partial charge in [-0.25, -0.2) is 0 Å². The average molecular weight is 272 g/mol. The van der Waals surface area contributed by atoms with Gasteiger partial charge in [-0.2, -0.15) is 5.10 Å². The second-order valence-corrected chi connectivity index (χ2v) is 5.34. The summed E-state index contributed by atoms with van der Waals surface area (Å²) in [4.78, 5) is 2.09. The van der Waals surface area contributed by atoms with E-state index in [1.807, 2.05) is 18.8 Å². The highest BCUT2D eigenvalue weighted by Gasteiger charge is 2.04. The third-order valence-electron chi connectivity index (χ3n) is 3.56. The Labute approximate surface area is 121 Å². The van der Waals surface area contributed by atoms with Gasteiger partial charge in [-0.3, -0.25) is 4.68 Å². The lowest BCUT2D eigenvalue weighted by Crippen LogP contribution is -2.08. The van der Waals surface area contributed by atoms with Gasteiger partial charge in [0.05, 0.1) is 12.2 Å². The second-order valence-electron chi connectivity index (χ2n) is 5.34. The number of hydrogen-bond acceptors (Lipinski definition) is 3. The van der Waals surface area contributed by atoms with Crippen molar-refractivity contribution in [1.82, 2.24) is 9.78 Å². The monoisotopic (exact) mass is 272 g/mol. The van der Waals surface area contributed by atoms with Crippen molar-refractivity contribution in [3.63, 3.8) is 0 Å². The van der Waals surface area contributed by atoms with Crippen LogP contribution in [0.15, 0.2) is 36.5 Å². The SMILES string of the molecule is CCC(C)n1ccc(CNc2ccc(N(C)C)cc2)n1. The van der Waals surface area contributed by atoms with Gasteiger partial charge in [-0.1, -0.05) is 6.92 Å². The molecule has 108 valence electrons. The van der Waals surface area contributed by atoms with Crippen LogP contribution >= 0.6 is 0 Å². The second kappa shape index (κ2) is 6.46. The van der Waals surface area contributed by atoms with E-state index in [2.05, 4.69) is 65.7 Å². The van der Waals surface area contributed by atoms with Crippen LogP contribution in [0.4, 0.5) is 11.4 Å². The van der Waals surface area contributed by atoms with E-state index >= 15 is 0 Å². The Morgan fingerprint density at radius 3 is 2.50 bits per heavy atom. The molecule has 0 saturated carbocycles. The molecule has 1 heterocycles. The zero-order valence-corrected chi connectivity index (χ0v) is 12.8. The zero-order valence-electron chi connectivity index (χ0n) is 12.8. The normalized spacial score (nSPS) is 12.2. The number of hydrogen-bond donors (Lipinski definition) is 1. The van der Waals surface area contributed by atoms with Crippen LogP contribution in [-0.4, -0.2) is 23.9 Å². The lowest BCUT2D eigenvalue weighted by Gasteiger charge is -2.13. The molecular formula is C16H24N4. The Balaban J connectivity index is 1.93. The van der Waals surface area contributed by atoms with Crippen LogP contribution in [0.2, 0.25) is 0 Å². The largest absolute Gasteiger partial charge is 0.379 e. The van der Waals surface area contributed by atoms with Gasteiger partial charge in [0.15, 0.2) is 0 Å². The van der Waals surface area contributed by atoms with Gasteiger partial charge in [0.2, 0.25) is 0 Å². The van der Waals surface area contributed by atoms with E-state index in [9.17, 15) is 0 Å². The summed E-state index contributed by atoms with van der Waals surface area (Å²) in [7, 11) is 4.09. The summed E-state index contributed by atoms with van der Waals surface area (Å²) in [6, 6.07) is 11.0. The molecule has 0 amide bonds. The molecule has 20 heavy (non-hydrogen) atoms. The first-order chi connectivity index (χ1) is 9.60. The van der Waals surface area contributed by atoms with Crippen molar-refractivity contribution < 1.29 is 0 Å². The van der Waals surface area contributed by atoms with E-state index in [4.69, 9.17) is 0 Å². The third kappa shape index (κ3) is 3.53. The number of nitrogens with zero attached hydrogens (tertiary/aromatic N) is 3. The van der Waals surface area contributed by atoms with Crippen molar-refractivity contribution in [3.05, 3.63) is 42.2 Å². The molecule has 1 atom stereocenters. The summed E-state index contributed by atoms with van der Waals surface area (Å²) in [5.74, 6) is 0. The number of nitrogens with one attached hydrogen (secondary N) is 1. The Kier molecular flexibility index (Phi) is 4.66. The first kappa shape index (κ1) is 14.4. The molecule has 2 rings (SSSR count). The number of rotatable bonds is 6. The van der Waals surface area contributed by atoms with Gasteiger partial charge in [-0.15, -0.1) is 0 Å². The number of anilines is 2. The van der Waals surface area contributed by atoms with Gasteiger partial charge >= 0.3 is 0 Å². The first-order valence-corrected chi connectivity index (χ1v) is 7.15. The minimum atomic E-state index is 0.461. The predicted molar refractivity (Wildman–Crippen MR) is 85.3 cm³/mol.